The van der Waals surface area contributed by atoms with Crippen molar-refractivity contribution in [3.05, 3.63) is 190 Å². The molecule has 0 heterocycles. The third kappa shape index (κ3) is 8.06. The lowest BCUT2D eigenvalue weighted by Gasteiger charge is -2.15. The molecule has 0 aliphatic heterocycles. The van der Waals surface area contributed by atoms with Crippen molar-refractivity contribution >= 4 is 65.4 Å². The molecule has 0 saturated heterocycles. The predicted molar refractivity (Wildman–Crippen MR) is 271 cm³/mol. The Bertz CT molecular complexity index is 2750. The van der Waals surface area contributed by atoms with Gasteiger partial charge in [-0.1, -0.05) is 188 Å². The lowest BCUT2D eigenvalue weighted by Crippen LogP contribution is -1.95. The maximum atomic E-state index is 2.52. The minimum atomic E-state index is 1.15. The van der Waals surface area contributed by atoms with Crippen LogP contribution < -0.4 is 0 Å². The van der Waals surface area contributed by atoms with Gasteiger partial charge in [0.25, 0.3) is 0 Å². The van der Waals surface area contributed by atoms with E-state index >= 15 is 0 Å². The van der Waals surface area contributed by atoms with Gasteiger partial charge in [0.15, 0.2) is 0 Å². The second-order valence-electron chi connectivity index (χ2n) is 18.5. The van der Waals surface area contributed by atoms with Crippen molar-refractivity contribution in [3.63, 3.8) is 0 Å². The standard InChI is InChI=1S/C62H62/c1-3-5-7-9-11-13-15-21-43-27-31-45(32-28-43)59-55-39-51-35-47-23-17-19-25-49(47)37-53(51)41-57(55)62-60(46-33-29-44(30-34-46)22-16-14-12-10-8-6-4-2)56-40-52-36-48-24-18-20-26-50(48)38-54(52)42-58(56)61(59)62/h17-20,23-42H,3-16,21-22H2,1-2H3. The van der Waals surface area contributed by atoms with Gasteiger partial charge >= 0.3 is 0 Å². The van der Waals surface area contributed by atoms with E-state index in [4.69, 9.17) is 0 Å². The lowest BCUT2D eigenvalue weighted by molar-refractivity contribution is 0.589. The topological polar surface area (TPSA) is 0 Å². The highest BCUT2D eigenvalue weighted by Gasteiger charge is 2.38. The number of fused-ring (bicyclic) bond motifs is 9. The largest absolute Gasteiger partial charge is 0.0654 e. The van der Waals surface area contributed by atoms with Gasteiger partial charge in [-0.25, -0.2) is 0 Å². The first-order valence-electron chi connectivity index (χ1n) is 24.3. The van der Waals surface area contributed by atoms with Crippen molar-refractivity contribution < 1.29 is 0 Å². The first kappa shape index (κ1) is 40.4. The van der Waals surface area contributed by atoms with E-state index in [9.17, 15) is 0 Å². The quantitative estimate of drug-likeness (QED) is 0.0598. The summed E-state index contributed by atoms with van der Waals surface area (Å²) in [5.41, 5.74) is 16.5. The Morgan fingerprint density at radius 1 is 0.258 bits per heavy atom. The van der Waals surface area contributed by atoms with Gasteiger partial charge in [0.05, 0.1) is 0 Å². The molecule has 0 saturated carbocycles. The fourth-order valence-corrected chi connectivity index (χ4v) is 10.7. The van der Waals surface area contributed by atoms with Gasteiger partial charge in [-0.2, -0.15) is 0 Å². The summed E-state index contributed by atoms with van der Waals surface area (Å²) in [6, 6.07) is 56.7. The average Bonchev–Trinajstić information content (AvgIpc) is 3.79. The van der Waals surface area contributed by atoms with Gasteiger partial charge in [0, 0.05) is 0 Å². The van der Waals surface area contributed by atoms with Crippen LogP contribution in [0.3, 0.4) is 0 Å². The smallest absolute Gasteiger partial charge is 0.000740 e. The Labute approximate surface area is 370 Å². The summed E-state index contributed by atoms with van der Waals surface area (Å²) in [6.45, 7) is 4.60. The molecule has 0 N–H and O–H groups in total. The van der Waals surface area contributed by atoms with Gasteiger partial charge < -0.3 is 0 Å². The molecular weight excluding hydrogens is 745 g/mol. The van der Waals surface area contributed by atoms with Gasteiger partial charge in [-0.15, -0.1) is 0 Å². The molecule has 310 valence electrons. The van der Waals surface area contributed by atoms with Crippen LogP contribution in [-0.4, -0.2) is 0 Å². The number of allylic oxidation sites excluding steroid dienone is 2. The van der Waals surface area contributed by atoms with E-state index in [0.717, 1.165) is 12.8 Å². The Hall–Kier alpha value is -5.72. The fourth-order valence-electron chi connectivity index (χ4n) is 10.7. The lowest BCUT2D eigenvalue weighted by atomic mass is 9.88. The Kier molecular flexibility index (Phi) is 11.9. The van der Waals surface area contributed by atoms with Crippen molar-refractivity contribution in [2.45, 2.75) is 117 Å². The van der Waals surface area contributed by atoms with Crippen LogP contribution in [0, 0.1) is 0 Å². The third-order valence-corrected chi connectivity index (χ3v) is 14.1. The molecule has 0 amide bonds. The zero-order chi connectivity index (χ0) is 41.8. The van der Waals surface area contributed by atoms with E-state index in [1.54, 1.807) is 0 Å². The van der Waals surface area contributed by atoms with E-state index < -0.39 is 0 Å². The van der Waals surface area contributed by atoms with Crippen LogP contribution in [0.1, 0.15) is 148 Å². The van der Waals surface area contributed by atoms with E-state index in [2.05, 4.69) is 159 Å². The number of benzene rings is 8. The summed E-state index contributed by atoms with van der Waals surface area (Å²) < 4.78 is 0. The highest BCUT2D eigenvalue weighted by atomic mass is 14.4. The molecule has 2 aliphatic carbocycles. The zero-order valence-electron chi connectivity index (χ0n) is 37.2. The molecule has 0 bridgehead atoms. The summed E-state index contributed by atoms with van der Waals surface area (Å²) in [7, 11) is 0. The second-order valence-corrected chi connectivity index (χ2v) is 18.5. The highest BCUT2D eigenvalue weighted by Crippen LogP contribution is 2.59. The van der Waals surface area contributed by atoms with Gasteiger partial charge in [0.2, 0.25) is 0 Å². The molecule has 0 radical (unpaired) electrons. The van der Waals surface area contributed by atoms with Gasteiger partial charge in [-0.3, -0.25) is 0 Å². The molecule has 62 heavy (non-hydrogen) atoms. The maximum Gasteiger partial charge on any atom is -0.000740 e. The summed E-state index contributed by atoms with van der Waals surface area (Å²) >= 11 is 0. The third-order valence-electron chi connectivity index (χ3n) is 14.1. The Morgan fingerprint density at radius 3 is 0.871 bits per heavy atom. The van der Waals surface area contributed by atoms with Crippen LogP contribution >= 0.6 is 0 Å². The molecule has 0 heteroatoms. The van der Waals surface area contributed by atoms with Crippen LogP contribution in [0.4, 0.5) is 0 Å². The number of hydrogen-bond acceptors (Lipinski definition) is 0. The van der Waals surface area contributed by atoms with Crippen LogP contribution in [0.15, 0.2) is 146 Å². The number of aryl methyl sites for hydroxylation is 2. The molecule has 0 atom stereocenters. The van der Waals surface area contributed by atoms with Crippen molar-refractivity contribution in [3.8, 4) is 0 Å². The monoisotopic (exact) mass is 806 g/mol. The van der Waals surface area contributed by atoms with E-state index in [0.29, 0.717) is 0 Å². The number of hydrogen-bond donors (Lipinski definition) is 0. The molecule has 0 spiro atoms. The molecule has 8 aromatic carbocycles. The van der Waals surface area contributed by atoms with Crippen LogP contribution in [0.5, 0.6) is 0 Å². The SMILES string of the molecule is CCCCCCCCCc1ccc(C2=C3C(=C(c4ccc(CCCCCCCCC)cc4)c4cc5cc6ccccc6cc5cc43)c3cc4cc5ccccc5cc4cc32)cc1. The summed E-state index contributed by atoms with van der Waals surface area (Å²) in [5.74, 6) is 0. The van der Waals surface area contributed by atoms with Crippen molar-refractivity contribution in [1.29, 1.82) is 0 Å². The average molecular weight is 807 g/mol. The van der Waals surface area contributed by atoms with Crippen molar-refractivity contribution in [2.75, 3.05) is 0 Å². The molecular formula is C62H62. The minimum Gasteiger partial charge on any atom is -0.0654 e. The van der Waals surface area contributed by atoms with E-state index in [1.165, 1.54) is 200 Å². The van der Waals surface area contributed by atoms with Crippen molar-refractivity contribution in [2.24, 2.45) is 0 Å². The molecule has 10 rings (SSSR count). The van der Waals surface area contributed by atoms with Crippen molar-refractivity contribution in [1.82, 2.24) is 0 Å². The Balaban J connectivity index is 1.10. The molecule has 0 nitrogen and oxygen atoms in total. The number of unbranched alkanes of at least 4 members (excludes halogenated alkanes) is 12. The van der Waals surface area contributed by atoms with E-state index in [-0.39, 0.29) is 0 Å². The minimum absolute atomic E-state index is 1.15. The predicted octanol–water partition coefficient (Wildman–Crippen LogP) is 18.1. The van der Waals surface area contributed by atoms with Crippen LogP contribution in [-0.2, 0) is 12.8 Å². The van der Waals surface area contributed by atoms with Gasteiger partial charge in [0.1, 0.15) is 0 Å². The molecule has 0 fully saturated rings. The second kappa shape index (κ2) is 18.3. The summed E-state index contributed by atoms with van der Waals surface area (Å²) in [6.07, 6.45) is 21.1. The molecule has 8 aromatic rings. The molecule has 0 unspecified atom stereocenters. The van der Waals surface area contributed by atoms with E-state index in [1.807, 2.05) is 0 Å². The fraction of sp³-hybridized carbons (Fsp3) is 0.290. The van der Waals surface area contributed by atoms with Crippen LogP contribution in [0.2, 0.25) is 0 Å². The number of rotatable bonds is 18. The summed E-state index contributed by atoms with van der Waals surface area (Å²) in [5, 5.41) is 10.4. The summed E-state index contributed by atoms with van der Waals surface area (Å²) in [4.78, 5) is 0. The highest BCUT2D eigenvalue weighted by molar-refractivity contribution is 6.36. The first-order valence-corrected chi connectivity index (χ1v) is 24.3. The van der Waals surface area contributed by atoms with Gasteiger partial charge in [-0.05, 0) is 184 Å². The first-order chi connectivity index (χ1) is 30.7. The zero-order valence-corrected chi connectivity index (χ0v) is 37.2. The Morgan fingerprint density at radius 2 is 0.548 bits per heavy atom. The normalized spacial score (nSPS) is 13.3. The van der Waals surface area contributed by atoms with Crippen LogP contribution in [0.25, 0.3) is 65.4 Å². The molecule has 2 aliphatic rings. The molecule has 0 aromatic heterocycles. The maximum absolute atomic E-state index is 2.52.